The van der Waals surface area contributed by atoms with Crippen LogP contribution in [0.4, 0.5) is 11.5 Å². The van der Waals surface area contributed by atoms with E-state index >= 15 is 0 Å². The molecule has 1 N–H and O–H groups in total. The van der Waals surface area contributed by atoms with E-state index in [-0.39, 0.29) is 5.69 Å². The van der Waals surface area contributed by atoms with E-state index in [1.807, 2.05) is 24.0 Å². The van der Waals surface area contributed by atoms with Crippen molar-refractivity contribution in [3.63, 3.8) is 0 Å². The number of carbonyl (C=O) groups is 1. The monoisotopic (exact) mass is 357 g/mol. The summed E-state index contributed by atoms with van der Waals surface area (Å²) >= 11 is 0. The fourth-order valence-corrected chi connectivity index (χ4v) is 2.59. The molecule has 2 rings (SSSR count). The van der Waals surface area contributed by atoms with Gasteiger partial charge in [0.1, 0.15) is 5.75 Å². The maximum Gasteiger partial charge on any atom is 0.356 e. The van der Waals surface area contributed by atoms with Crippen molar-refractivity contribution in [2.24, 2.45) is 5.92 Å². The zero-order valence-corrected chi connectivity index (χ0v) is 16.1. The number of ether oxygens (including phenoxy) is 1. The number of anilines is 2. The SMILES string of the molecule is CCN(c1ccc(OCC(C)C)c(C(C)C)c1)c1cnc(C(=O)O)cn1. The topological polar surface area (TPSA) is 75.5 Å². The average Bonchev–Trinajstić information content (AvgIpc) is 2.61. The van der Waals surface area contributed by atoms with Gasteiger partial charge in [-0.2, -0.15) is 0 Å². The van der Waals surface area contributed by atoms with Gasteiger partial charge in [0.2, 0.25) is 0 Å². The average molecular weight is 357 g/mol. The zero-order chi connectivity index (χ0) is 19.3. The molecule has 6 nitrogen and oxygen atoms in total. The quantitative estimate of drug-likeness (QED) is 0.750. The van der Waals surface area contributed by atoms with Gasteiger partial charge in [0.15, 0.2) is 11.5 Å². The maximum absolute atomic E-state index is 11.0. The lowest BCUT2D eigenvalue weighted by Gasteiger charge is -2.24. The molecule has 0 bridgehead atoms. The van der Waals surface area contributed by atoms with Crippen LogP contribution in [-0.4, -0.2) is 34.2 Å². The van der Waals surface area contributed by atoms with E-state index < -0.39 is 5.97 Å². The number of carboxylic acid groups (broad SMARTS) is 1. The van der Waals surface area contributed by atoms with Crippen molar-refractivity contribution in [1.82, 2.24) is 9.97 Å². The molecule has 1 aromatic heterocycles. The summed E-state index contributed by atoms with van der Waals surface area (Å²) in [6, 6.07) is 6.10. The van der Waals surface area contributed by atoms with Crippen LogP contribution in [0.15, 0.2) is 30.6 Å². The molecule has 0 saturated heterocycles. The lowest BCUT2D eigenvalue weighted by Crippen LogP contribution is -2.18. The Morgan fingerprint density at radius 1 is 1.19 bits per heavy atom. The molecule has 140 valence electrons. The molecule has 0 fully saturated rings. The maximum atomic E-state index is 11.0. The van der Waals surface area contributed by atoms with Gasteiger partial charge >= 0.3 is 5.97 Å². The standard InChI is InChI=1S/C20H27N3O3/c1-6-23(19-11-21-17(10-22-19)20(24)25)15-7-8-18(26-12-13(2)3)16(9-15)14(4)5/h7-11,13-14H,6,12H2,1-5H3,(H,24,25). The van der Waals surface area contributed by atoms with Gasteiger partial charge in [0.25, 0.3) is 0 Å². The highest BCUT2D eigenvalue weighted by atomic mass is 16.5. The zero-order valence-electron chi connectivity index (χ0n) is 16.1. The molecule has 0 aliphatic carbocycles. The fourth-order valence-electron chi connectivity index (χ4n) is 2.59. The molecule has 0 atom stereocenters. The molecule has 0 unspecified atom stereocenters. The van der Waals surface area contributed by atoms with Gasteiger partial charge in [0, 0.05) is 12.2 Å². The second-order valence-electron chi connectivity index (χ2n) is 6.89. The molecule has 0 amide bonds. The molecular formula is C20H27N3O3. The number of aromatic carboxylic acids is 1. The van der Waals surface area contributed by atoms with Gasteiger partial charge in [0.05, 0.1) is 19.0 Å². The van der Waals surface area contributed by atoms with E-state index in [0.717, 1.165) is 17.0 Å². The molecule has 6 heteroatoms. The molecule has 26 heavy (non-hydrogen) atoms. The first-order chi connectivity index (χ1) is 12.3. The van der Waals surface area contributed by atoms with Crippen molar-refractivity contribution >= 4 is 17.5 Å². The summed E-state index contributed by atoms with van der Waals surface area (Å²) in [6.07, 6.45) is 2.77. The van der Waals surface area contributed by atoms with Gasteiger partial charge in [-0.25, -0.2) is 14.8 Å². The van der Waals surface area contributed by atoms with Gasteiger partial charge in [-0.3, -0.25) is 0 Å². The Labute approximate surface area is 154 Å². The predicted octanol–water partition coefficient (Wildman–Crippen LogP) is 4.49. The lowest BCUT2D eigenvalue weighted by molar-refractivity contribution is 0.0690. The Morgan fingerprint density at radius 3 is 2.42 bits per heavy atom. The van der Waals surface area contributed by atoms with Crippen molar-refractivity contribution in [2.75, 3.05) is 18.1 Å². The summed E-state index contributed by atoms with van der Waals surface area (Å²) in [6.45, 7) is 11.9. The fraction of sp³-hybridized carbons (Fsp3) is 0.450. The summed E-state index contributed by atoms with van der Waals surface area (Å²) in [4.78, 5) is 21.2. The highest BCUT2D eigenvalue weighted by molar-refractivity contribution is 5.85. The second kappa shape index (κ2) is 8.65. The minimum absolute atomic E-state index is 0.0647. The first-order valence-electron chi connectivity index (χ1n) is 8.93. The number of hydrogen-bond donors (Lipinski definition) is 1. The number of nitrogens with zero attached hydrogens (tertiary/aromatic N) is 3. The summed E-state index contributed by atoms with van der Waals surface area (Å²) in [5.74, 6) is 1.21. The number of carboxylic acids is 1. The van der Waals surface area contributed by atoms with Crippen LogP contribution in [0.1, 0.15) is 56.6 Å². The van der Waals surface area contributed by atoms with E-state index in [9.17, 15) is 4.79 Å². The molecule has 0 aliphatic heterocycles. The normalized spacial score (nSPS) is 11.0. The third-order valence-corrected chi connectivity index (χ3v) is 3.95. The Balaban J connectivity index is 2.35. The van der Waals surface area contributed by atoms with E-state index in [1.165, 1.54) is 12.4 Å². The van der Waals surface area contributed by atoms with Crippen molar-refractivity contribution in [3.8, 4) is 5.75 Å². The van der Waals surface area contributed by atoms with Crippen LogP contribution < -0.4 is 9.64 Å². The first-order valence-corrected chi connectivity index (χ1v) is 8.93. The van der Waals surface area contributed by atoms with Crippen LogP contribution in [0, 0.1) is 5.92 Å². The molecule has 1 heterocycles. The van der Waals surface area contributed by atoms with Gasteiger partial charge in [-0.05, 0) is 42.5 Å². The summed E-state index contributed by atoms with van der Waals surface area (Å²) in [5.41, 5.74) is 2.05. The minimum Gasteiger partial charge on any atom is -0.493 e. The predicted molar refractivity (Wildman–Crippen MR) is 103 cm³/mol. The van der Waals surface area contributed by atoms with Crippen LogP contribution in [0.5, 0.6) is 5.75 Å². The number of benzene rings is 1. The van der Waals surface area contributed by atoms with Crippen molar-refractivity contribution < 1.29 is 14.6 Å². The van der Waals surface area contributed by atoms with Crippen LogP contribution >= 0.6 is 0 Å². The van der Waals surface area contributed by atoms with Crippen LogP contribution in [0.2, 0.25) is 0 Å². The van der Waals surface area contributed by atoms with Crippen LogP contribution in [0.3, 0.4) is 0 Å². The van der Waals surface area contributed by atoms with E-state index in [0.29, 0.717) is 30.8 Å². The Bertz CT molecular complexity index is 742. The van der Waals surface area contributed by atoms with Crippen molar-refractivity contribution in [3.05, 3.63) is 41.9 Å². The van der Waals surface area contributed by atoms with Crippen LogP contribution in [0.25, 0.3) is 0 Å². The summed E-state index contributed by atoms with van der Waals surface area (Å²) in [7, 11) is 0. The summed E-state index contributed by atoms with van der Waals surface area (Å²) < 4.78 is 5.96. The summed E-state index contributed by atoms with van der Waals surface area (Å²) in [5, 5.41) is 8.98. The highest BCUT2D eigenvalue weighted by Crippen LogP contribution is 2.33. The van der Waals surface area contributed by atoms with Gasteiger partial charge in [-0.15, -0.1) is 0 Å². The van der Waals surface area contributed by atoms with Crippen molar-refractivity contribution in [1.29, 1.82) is 0 Å². The third kappa shape index (κ3) is 4.71. The Kier molecular flexibility index (Phi) is 6.55. The molecule has 0 saturated carbocycles. The highest BCUT2D eigenvalue weighted by Gasteiger charge is 2.15. The number of rotatable bonds is 8. The van der Waals surface area contributed by atoms with E-state index in [1.54, 1.807) is 0 Å². The van der Waals surface area contributed by atoms with E-state index in [4.69, 9.17) is 9.84 Å². The Hall–Kier alpha value is -2.63. The molecule has 0 radical (unpaired) electrons. The van der Waals surface area contributed by atoms with Crippen molar-refractivity contribution in [2.45, 2.75) is 40.5 Å². The third-order valence-electron chi connectivity index (χ3n) is 3.95. The molecule has 2 aromatic rings. The van der Waals surface area contributed by atoms with Crippen LogP contribution in [-0.2, 0) is 0 Å². The molecule has 1 aromatic carbocycles. The van der Waals surface area contributed by atoms with Gasteiger partial charge < -0.3 is 14.7 Å². The number of aromatic nitrogens is 2. The lowest BCUT2D eigenvalue weighted by atomic mass is 10.0. The molecule has 0 spiro atoms. The smallest absolute Gasteiger partial charge is 0.356 e. The second-order valence-corrected chi connectivity index (χ2v) is 6.89. The van der Waals surface area contributed by atoms with E-state index in [2.05, 4.69) is 43.7 Å². The minimum atomic E-state index is -1.08. The first kappa shape index (κ1) is 19.7. The largest absolute Gasteiger partial charge is 0.493 e. The number of hydrogen-bond acceptors (Lipinski definition) is 5. The molecular weight excluding hydrogens is 330 g/mol. The van der Waals surface area contributed by atoms with Gasteiger partial charge in [-0.1, -0.05) is 27.7 Å². The molecule has 0 aliphatic rings. The Morgan fingerprint density at radius 2 is 1.92 bits per heavy atom.